The fourth-order valence-electron chi connectivity index (χ4n) is 9.87. The van der Waals surface area contributed by atoms with Crippen LogP contribution in [0.5, 0.6) is 0 Å². The monoisotopic (exact) mass is 642 g/mol. The zero-order chi connectivity index (χ0) is 31.3. The highest BCUT2D eigenvalue weighted by molar-refractivity contribution is 7.99. The molecule has 1 spiro atoms. The van der Waals surface area contributed by atoms with Gasteiger partial charge in [0, 0.05) is 38.1 Å². The second-order valence-corrected chi connectivity index (χ2v) is 18.4. The van der Waals surface area contributed by atoms with Gasteiger partial charge in [0.1, 0.15) is 0 Å². The predicted molar refractivity (Wildman–Crippen MR) is 205 cm³/mol. The van der Waals surface area contributed by atoms with Crippen molar-refractivity contribution in [1.29, 1.82) is 0 Å². The van der Waals surface area contributed by atoms with Crippen molar-refractivity contribution in [3.8, 4) is 22.3 Å². The Morgan fingerprint density at radius 1 is 0.500 bits per heavy atom. The molecule has 5 aliphatic heterocycles. The number of nitrogens with zero attached hydrogens (tertiary/aromatic N) is 2. The topological polar surface area (TPSA) is 6.48 Å². The van der Waals surface area contributed by atoms with E-state index >= 15 is 0 Å². The summed E-state index contributed by atoms with van der Waals surface area (Å²) in [4.78, 5) is 8.00. The molecular weight excluding hydrogens is 615 g/mol. The summed E-state index contributed by atoms with van der Waals surface area (Å²) in [6, 6.07) is 56.0. The van der Waals surface area contributed by atoms with Gasteiger partial charge < -0.3 is 9.71 Å². The minimum atomic E-state index is -2.67. The molecule has 5 heterocycles. The molecule has 0 radical (unpaired) electrons. The number of aryl methyl sites for hydroxylation is 1. The van der Waals surface area contributed by atoms with E-state index in [2.05, 4.69) is 162 Å². The van der Waals surface area contributed by atoms with Gasteiger partial charge in [-0.05, 0) is 91.2 Å². The van der Waals surface area contributed by atoms with E-state index in [4.69, 9.17) is 0 Å². The smallest absolute Gasteiger partial charge is 0.333 e. The molecule has 2 nitrogen and oxygen atoms in total. The van der Waals surface area contributed by atoms with E-state index in [1.807, 2.05) is 11.8 Å². The molecule has 0 aliphatic carbocycles. The normalized spacial score (nSPS) is 15.6. The lowest BCUT2D eigenvalue weighted by Crippen LogP contribution is -2.77. The molecular formula is C43H27BN2SSi. The van der Waals surface area contributed by atoms with Crippen LogP contribution < -0.4 is 41.4 Å². The SMILES string of the molecule is Cc1cc2c3c(c1)N1c4ccccc4[Si]4(c5ccccc5-c5ccccc54)c4cccc(c41)B3N1c3ccccc3Sc3cccc-2c31. The van der Waals surface area contributed by atoms with E-state index < -0.39 is 8.07 Å². The molecule has 5 aliphatic rings. The average molecular weight is 643 g/mol. The maximum atomic E-state index is 2.69. The van der Waals surface area contributed by atoms with Crippen LogP contribution in [0, 0.1) is 6.92 Å². The van der Waals surface area contributed by atoms with E-state index in [0.717, 1.165) is 0 Å². The molecule has 5 heteroatoms. The number of fused-ring (bicyclic) bond motifs is 15. The second kappa shape index (κ2) is 8.81. The highest BCUT2D eigenvalue weighted by atomic mass is 32.2. The van der Waals surface area contributed by atoms with Gasteiger partial charge in [-0.25, -0.2) is 0 Å². The van der Waals surface area contributed by atoms with Crippen LogP contribution in [0.1, 0.15) is 5.56 Å². The number of hydrogen-bond donors (Lipinski definition) is 0. The zero-order valence-electron chi connectivity index (χ0n) is 26.2. The molecule has 48 heavy (non-hydrogen) atoms. The summed E-state index contributed by atoms with van der Waals surface area (Å²) in [6.45, 7) is 2.33. The number of para-hydroxylation sites is 4. The third-order valence-corrected chi connectivity index (χ3v) is 17.5. The molecule has 7 aromatic carbocycles. The number of rotatable bonds is 0. The highest BCUT2D eigenvalue weighted by Crippen LogP contribution is 2.56. The Hall–Kier alpha value is -5.23. The van der Waals surface area contributed by atoms with Crippen LogP contribution in [0.25, 0.3) is 22.3 Å². The molecule has 0 atom stereocenters. The number of benzene rings is 7. The van der Waals surface area contributed by atoms with Crippen LogP contribution in [0.3, 0.4) is 0 Å². The van der Waals surface area contributed by atoms with E-state index in [1.54, 1.807) is 0 Å². The summed E-state index contributed by atoms with van der Waals surface area (Å²) in [5.41, 5.74) is 16.3. The van der Waals surface area contributed by atoms with Crippen molar-refractivity contribution < 1.29 is 0 Å². The summed E-state index contributed by atoms with van der Waals surface area (Å²) in [5, 5.41) is 6.01. The largest absolute Gasteiger partial charge is 0.374 e. The maximum Gasteiger partial charge on any atom is 0.333 e. The zero-order valence-corrected chi connectivity index (χ0v) is 28.1. The van der Waals surface area contributed by atoms with Gasteiger partial charge in [0.25, 0.3) is 0 Å². The van der Waals surface area contributed by atoms with Gasteiger partial charge in [0.15, 0.2) is 8.07 Å². The summed E-state index contributed by atoms with van der Waals surface area (Å²) in [5.74, 6) is 0. The molecule has 0 saturated carbocycles. The van der Waals surface area contributed by atoms with Gasteiger partial charge in [-0.15, -0.1) is 0 Å². The van der Waals surface area contributed by atoms with Crippen LogP contribution >= 0.6 is 11.8 Å². The minimum Gasteiger partial charge on any atom is -0.374 e. The van der Waals surface area contributed by atoms with Gasteiger partial charge in [-0.1, -0.05) is 127 Å². The molecule has 0 N–H and O–H groups in total. The van der Waals surface area contributed by atoms with Crippen LogP contribution in [0.2, 0.25) is 0 Å². The van der Waals surface area contributed by atoms with Crippen LogP contribution in [-0.4, -0.2) is 14.9 Å². The lowest BCUT2D eigenvalue weighted by molar-refractivity contribution is 1.20. The van der Waals surface area contributed by atoms with Crippen LogP contribution in [0.4, 0.5) is 28.4 Å². The maximum absolute atomic E-state index is 2.69. The van der Waals surface area contributed by atoms with Crippen molar-refractivity contribution in [2.75, 3.05) is 9.71 Å². The first-order chi connectivity index (χ1) is 23.7. The van der Waals surface area contributed by atoms with Gasteiger partial charge in [0.05, 0.1) is 5.69 Å². The fourth-order valence-corrected chi connectivity index (χ4v) is 16.5. The van der Waals surface area contributed by atoms with Crippen LogP contribution in [-0.2, 0) is 0 Å². The third kappa shape index (κ3) is 2.84. The molecule has 0 fully saturated rings. The molecule has 0 bridgehead atoms. The quantitative estimate of drug-likeness (QED) is 0.167. The van der Waals surface area contributed by atoms with Crippen molar-refractivity contribution in [2.45, 2.75) is 16.7 Å². The lowest BCUT2D eigenvalue weighted by Gasteiger charge is -2.52. The van der Waals surface area contributed by atoms with Crippen molar-refractivity contribution in [2.24, 2.45) is 0 Å². The summed E-state index contributed by atoms with van der Waals surface area (Å²) in [6.07, 6.45) is 0. The van der Waals surface area contributed by atoms with Crippen LogP contribution in [0.15, 0.2) is 155 Å². The Bertz CT molecular complexity index is 2570. The Labute approximate surface area is 285 Å². The van der Waals surface area contributed by atoms with Crippen molar-refractivity contribution in [3.63, 3.8) is 0 Å². The van der Waals surface area contributed by atoms with Gasteiger partial charge in [0.2, 0.25) is 0 Å². The molecule has 0 unspecified atom stereocenters. The predicted octanol–water partition coefficient (Wildman–Crippen LogP) is 6.84. The number of anilines is 5. The number of hydrogen-bond acceptors (Lipinski definition) is 3. The second-order valence-electron chi connectivity index (χ2n) is 13.7. The van der Waals surface area contributed by atoms with Crippen molar-refractivity contribution in [1.82, 2.24) is 0 Å². The molecule has 222 valence electrons. The van der Waals surface area contributed by atoms with E-state index in [-0.39, 0.29) is 6.85 Å². The third-order valence-electron chi connectivity index (χ3n) is 11.4. The molecule has 7 aromatic rings. The Morgan fingerprint density at radius 2 is 1.12 bits per heavy atom. The van der Waals surface area contributed by atoms with Crippen molar-refractivity contribution in [3.05, 3.63) is 151 Å². The van der Waals surface area contributed by atoms with Gasteiger partial charge in [-0.2, -0.15) is 0 Å². The van der Waals surface area contributed by atoms with Gasteiger partial charge in [-0.3, -0.25) is 0 Å². The molecule has 0 aromatic heterocycles. The lowest BCUT2D eigenvalue weighted by atomic mass is 9.43. The standard InChI is InChI=1S/C43H27BN2SSi/c1-26-24-30-29-14-10-19-36-42(29)46(32-16-4-6-18-35(32)47-36)44-31-15-11-23-40-43(31)45(34(25-26)41(30)44)33-17-5-9-22-39(33)48(40)37-20-7-2-12-27(37)28-13-3-8-21-38(28)48/h2-25H,1H3. The Morgan fingerprint density at radius 3 is 1.94 bits per heavy atom. The fraction of sp³-hybridized carbons (Fsp3) is 0.0233. The summed E-state index contributed by atoms with van der Waals surface area (Å²) < 4.78 is 0. The molecule has 0 amide bonds. The minimum absolute atomic E-state index is 0.0562. The first kappa shape index (κ1) is 25.8. The summed E-state index contributed by atoms with van der Waals surface area (Å²) >= 11 is 1.91. The summed E-state index contributed by atoms with van der Waals surface area (Å²) in [7, 11) is -2.67. The van der Waals surface area contributed by atoms with E-state index in [9.17, 15) is 0 Å². The molecule has 12 rings (SSSR count). The van der Waals surface area contributed by atoms with Crippen molar-refractivity contribution >= 4 is 86.8 Å². The van der Waals surface area contributed by atoms with E-state index in [0.29, 0.717) is 0 Å². The average Bonchev–Trinajstić information content (AvgIpc) is 3.43. The Kier molecular flexibility index (Phi) is 4.74. The first-order valence-electron chi connectivity index (χ1n) is 16.8. The van der Waals surface area contributed by atoms with E-state index in [1.165, 1.54) is 97.7 Å². The first-order valence-corrected chi connectivity index (χ1v) is 19.6. The molecule has 0 saturated heterocycles. The Balaban J connectivity index is 1.27. The van der Waals surface area contributed by atoms with Gasteiger partial charge >= 0.3 is 6.85 Å². The highest BCUT2D eigenvalue weighted by Gasteiger charge is 2.57.